The summed E-state index contributed by atoms with van der Waals surface area (Å²) in [5.74, 6) is -0.591. The highest BCUT2D eigenvalue weighted by Crippen LogP contribution is 2.49. The van der Waals surface area contributed by atoms with Gasteiger partial charge in [-0.05, 0) is 85.6 Å². The van der Waals surface area contributed by atoms with Crippen LogP contribution in [0.3, 0.4) is 0 Å². The Morgan fingerprint density at radius 2 is 1.64 bits per heavy atom. The number of anilines is 2. The number of hydrogen-bond donors (Lipinski definition) is 0. The maximum Gasteiger partial charge on any atom is 0.350 e. The third-order valence-corrected chi connectivity index (χ3v) is 11.9. The van der Waals surface area contributed by atoms with Crippen molar-refractivity contribution in [1.29, 1.82) is 0 Å². The fourth-order valence-electron chi connectivity index (χ4n) is 7.59. The van der Waals surface area contributed by atoms with E-state index in [1.54, 1.807) is 17.9 Å². The predicted octanol–water partition coefficient (Wildman–Crippen LogP) is 5.31. The van der Waals surface area contributed by atoms with E-state index >= 15 is 0 Å². The average Bonchev–Trinajstić information content (AvgIpc) is 3.92. The molecule has 1 unspecified atom stereocenters. The van der Waals surface area contributed by atoms with Crippen molar-refractivity contribution in [3.05, 3.63) is 113 Å². The molecule has 2 aromatic heterocycles. The Kier molecular flexibility index (Phi) is 11.6. The second-order valence-corrected chi connectivity index (χ2v) is 22.9. The molecule has 2 fully saturated rings. The quantitative estimate of drug-likeness (QED) is 0.108. The Labute approximate surface area is 325 Å². The lowest BCUT2D eigenvalue weighted by Crippen LogP contribution is -2.46. The Balaban J connectivity index is 0.918. The lowest BCUT2D eigenvalue weighted by atomic mass is 9.87. The molecule has 2 saturated heterocycles. The zero-order valence-corrected chi connectivity index (χ0v) is 34.5. The van der Waals surface area contributed by atoms with Crippen molar-refractivity contribution in [2.24, 2.45) is 5.92 Å². The molecule has 3 aromatic carbocycles. The molecular weight excluding hydrogens is 769 g/mol. The molecular formula is C37H44ClF2N8O5PSi. The maximum absolute atomic E-state index is 15.0. The zero-order chi connectivity index (χ0) is 38.7. The highest BCUT2D eigenvalue weighted by Gasteiger charge is 2.44. The lowest BCUT2D eigenvalue weighted by molar-refractivity contribution is -0.0206. The van der Waals surface area contributed by atoms with Gasteiger partial charge in [-0.15, -0.1) is 0 Å². The van der Waals surface area contributed by atoms with Gasteiger partial charge in [0.1, 0.15) is 51.9 Å². The van der Waals surface area contributed by atoms with Crippen LogP contribution in [0.4, 0.5) is 20.2 Å². The number of piperazine rings is 1. The molecule has 4 heterocycles. The summed E-state index contributed by atoms with van der Waals surface area (Å²) in [6.07, 6.45) is 1.85. The van der Waals surface area contributed by atoms with Gasteiger partial charge in [-0.2, -0.15) is 10.2 Å². The van der Waals surface area contributed by atoms with Crippen LogP contribution in [0.15, 0.2) is 90.5 Å². The summed E-state index contributed by atoms with van der Waals surface area (Å²) >= 11 is 5.90. The van der Waals surface area contributed by atoms with Crippen molar-refractivity contribution < 1.29 is 27.3 Å². The minimum atomic E-state index is -3.12. The monoisotopic (exact) mass is 812 g/mol. The first-order valence-corrected chi connectivity index (χ1v) is 23.9. The van der Waals surface area contributed by atoms with Gasteiger partial charge in [0.25, 0.3) is 0 Å². The van der Waals surface area contributed by atoms with Crippen molar-refractivity contribution in [3.8, 4) is 11.4 Å². The Bertz CT molecular complexity index is 2160. The summed E-state index contributed by atoms with van der Waals surface area (Å²) in [7, 11) is 0.211. The minimum absolute atomic E-state index is 0.0215. The molecule has 5 atom stereocenters. The van der Waals surface area contributed by atoms with E-state index < -0.39 is 35.7 Å². The summed E-state index contributed by atoms with van der Waals surface area (Å²) in [5.41, 5.74) is 1.82. The molecule has 0 radical (unpaired) electrons. The molecule has 5 aromatic rings. The summed E-state index contributed by atoms with van der Waals surface area (Å²) in [6.45, 7) is 7.96. The molecule has 292 valence electrons. The highest BCUT2D eigenvalue weighted by atomic mass is 35.7. The molecule has 2 aliphatic rings. The second-order valence-electron chi connectivity index (χ2n) is 14.1. The van der Waals surface area contributed by atoms with Gasteiger partial charge in [0, 0.05) is 55.1 Å². The van der Waals surface area contributed by atoms with Crippen LogP contribution in [0.25, 0.3) is 5.69 Å². The average molecular weight is 813 g/mol. The maximum atomic E-state index is 15.0. The third-order valence-electron chi connectivity index (χ3n) is 10.3. The van der Waals surface area contributed by atoms with E-state index in [0.29, 0.717) is 31.7 Å². The van der Waals surface area contributed by atoms with Crippen LogP contribution in [-0.2, 0) is 26.0 Å². The number of aromatic nitrogens is 6. The van der Waals surface area contributed by atoms with Crippen LogP contribution in [0.1, 0.15) is 38.3 Å². The van der Waals surface area contributed by atoms with E-state index in [-0.39, 0.29) is 33.6 Å². The lowest BCUT2D eigenvalue weighted by Gasteiger charge is -2.37. The van der Waals surface area contributed by atoms with Crippen molar-refractivity contribution in [2.75, 3.05) is 49.2 Å². The van der Waals surface area contributed by atoms with Gasteiger partial charge in [0.15, 0.2) is 0 Å². The molecule has 0 saturated carbocycles. The van der Waals surface area contributed by atoms with Gasteiger partial charge in [-0.1, -0.05) is 13.0 Å². The van der Waals surface area contributed by atoms with E-state index in [0.717, 1.165) is 49.4 Å². The first-order valence-electron chi connectivity index (χ1n) is 18.3. The summed E-state index contributed by atoms with van der Waals surface area (Å²) in [6, 6.07) is 19.1. The SMILES string of the molecule is CC[C@@H]([C@H](C)OP(=O)([SiH3])Cl)n1ncn(-c2ccc(N3CCN(c4ccc(OC[C@@H]5CO[C@@](Cn6cncn6)(c6ccc(F)cc6F)C5)cc4)CC3)cc2)c1=O. The van der Waals surface area contributed by atoms with Crippen LogP contribution in [0.2, 0.25) is 0 Å². The van der Waals surface area contributed by atoms with E-state index in [1.807, 2.05) is 43.3 Å². The number of hydrogen-bond acceptors (Lipinski definition) is 10. The standard InChI is InChI=1S/C37H44ClF2N8O5PSi/c1-3-35(26(2)53-54(38,50)55)48-36(49)47(25-43-48)31-7-5-29(6-8-31)44-14-16-45(17-15-44)30-9-11-32(12-10-30)51-20-27-19-37(52-21-27,22-46-24-41-23-42-46)33-13-4-28(39)18-34(33)40/h4-13,18,23-27,35H,3,14-17,19-22H2,1-2,55H3/t26-,27+,35-,37-,54?/m0/s1. The largest absolute Gasteiger partial charge is 0.493 e. The summed E-state index contributed by atoms with van der Waals surface area (Å²) < 4.78 is 63.2. The van der Waals surface area contributed by atoms with E-state index in [1.165, 1.54) is 34.0 Å². The number of nitrogens with zero attached hydrogens (tertiary/aromatic N) is 8. The van der Waals surface area contributed by atoms with Gasteiger partial charge in [-0.3, -0.25) is 4.57 Å². The third kappa shape index (κ3) is 8.89. The normalized spacial score (nSPS) is 21.1. The first kappa shape index (κ1) is 38.9. The molecule has 0 aliphatic carbocycles. The minimum Gasteiger partial charge on any atom is -0.493 e. The van der Waals surface area contributed by atoms with Crippen molar-refractivity contribution in [2.45, 2.75) is 51.0 Å². The van der Waals surface area contributed by atoms with Gasteiger partial charge in [-0.25, -0.2) is 32.5 Å². The second kappa shape index (κ2) is 16.4. The van der Waals surface area contributed by atoms with Gasteiger partial charge >= 0.3 is 5.69 Å². The van der Waals surface area contributed by atoms with Crippen LogP contribution < -0.4 is 20.2 Å². The Morgan fingerprint density at radius 3 is 2.24 bits per heavy atom. The molecule has 55 heavy (non-hydrogen) atoms. The van der Waals surface area contributed by atoms with E-state index in [4.69, 9.17) is 25.2 Å². The predicted molar refractivity (Wildman–Crippen MR) is 210 cm³/mol. The highest BCUT2D eigenvalue weighted by molar-refractivity contribution is 8.03. The van der Waals surface area contributed by atoms with Crippen molar-refractivity contribution in [3.63, 3.8) is 0 Å². The molecule has 7 rings (SSSR count). The van der Waals surface area contributed by atoms with Crippen LogP contribution in [0, 0.1) is 17.6 Å². The van der Waals surface area contributed by atoms with E-state index in [9.17, 15) is 18.1 Å². The van der Waals surface area contributed by atoms with E-state index in [2.05, 4.69) is 37.1 Å². The molecule has 18 heteroatoms. The zero-order valence-electron chi connectivity index (χ0n) is 30.9. The van der Waals surface area contributed by atoms with Crippen molar-refractivity contribution >= 4 is 38.8 Å². The Morgan fingerprint density at radius 1 is 0.982 bits per heavy atom. The van der Waals surface area contributed by atoms with Gasteiger partial charge in [0.2, 0.25) is 6.27 Å². The smallest absolute Gasteiger partial charge is 0.350 e. The van der Waals surface area contributed by atoms with Gasteiger partial charge in [0.05, 0.1) is 37.6 Å². The number of halogens is 3. The molecule has 13 nitrogen and oxygen atoms in total. The van der Waals surface area contributed by atoms with Crippen LogP contribution in [0.5, 0.6) is 5.75 Å². The summed E-state index contributed by atoms with van der Waals surface area (Å²) in [4.78, 5) is 22.0. The summed E-state index contributed by atoms with van der Waals surface area (Å²) in [5, 5.41) is 8.52. The molecule has 2 aliphatic heterocycles. The van der Waals surface area contributed by atoms with Crippen molar-refractivity contribution in [1.82, 2.24) is 29.1 Å². The number of ether oxygens (including phenoxy) is 2. The molecule has 0 amide bonds. The Hall–Kier alpha value is -4.34. The topological polar surface area (TPSA) is 122 Å². The van der Waals surface area contributed by atoms with Crippen LogP contribution in [-0.4, -0.2) is 84.5 Å². The number of rotatable bonds is 14. The molecule has 0 bridgehead atoms. The first-order chi connectivity index (χ1) is 26.4. The van der Waals surface area contributed by atoms with Gasteiger partial charge < -0.3 is 23.8 Å². The molecule has 0 spiro atoms. The number of benzene rings is 3. The molecule has 0 N–H and O–H groups in total. The van der Waals surface area contributed by atoms with Crippen LogP contribution >= 0.6 is 17.5 Å². The fraction of sp³-hybridized carbons (Fsp3) is 0.405. The fourth-order valence-corrected chi connectivity index (χ4v) is 9.70.